The van der Waals surface area contributed by atoms with Crippen molar-refractivity contribution in [3.05, 3.63) is 0 Å². The Morgan fingerprint density at radius 1 is 1.28 bits per heavy atom. The number of urea groups is 1. The topological polar surface area (TPSA) is 75.7 Å². The predicted molar refractivity (Wildman–Crippen MR) is 62.7 cm³/mol. The van der Waals surface area contributed by atoms with Crippen molar-refractivity contribution in [1.82, 2.24) is 10.2 Å². The van der Waals surface area contributed by atoms with Gasteiger partial charge < -0.3 is 10.1 Å². The van der Waals surface area contributed by atoms with Crippen LogP contribution in [-0.2, 0) is 14.3 Å². The average molecular weight is 254 g/mol. The second-order valence-electron chi connectivity index (χ2n) is 4.89. The van der Waals surface area contributed by atoms with Gasteiger partial charge in [-0.15, -0.1) is 0 Å². The van der Waals surface area contributed by atoms with Gasteiger partial charge >= 0.3 is 12.0 Å². The Labute approximate surface area is 106 Å². The van der Waals surface area contributed by atoms with Gasteiger partial charge in [-0.05, 0) is 12.8 Å². The lowest BCUT2D eigenvalue weighted by Gasteiger charge is -2.24. The second-order valence-corrected chi connectivity index (χ2v) is 4.89. The Morgan fingerprint density at radius 3 is 2.44 bits per heavy atom. The standard InChI is InChI=1S/C12H18N2O4/c1-18-9(15)8-14-10(16)12(13-11(14)17)6-4-2-3-5-7-12/h2-8H2,1H3,(H,13,17). The third-order valence-corrected chi connectivity index (χ3v) is 3.72. The summed E-state index contributed by atoms with van der Waals surface area (Å²) in [6, 6.07) is -0.479. The minimum atomic E-state index is -0.776. The number of nitrogens with one attached hydrogen (secondary N) is 1. The van der Waals surface area contributed by atoms with E-state index in [4.69, 9.17) is 0 Å². The van der Waals surface area contributed by atoms with Crippen LogP contribution in [0.3, 0.4) is 0 Å². The lowest BCUT2D eigenvalue weighted by molar-refractivity contribution is -0.145. The molecule has 0 unspecified atom stereocenters. The van der Waals surface area contributed by atoms with Gasteiger partial charge in [-0.3, -0.25) is 14.5 Å². The number of methoxy groups -OCH3 is 1. The monoisotopic (exact) mass is 254 g/mol. The van der Waals surface area contributed by atoms with Crippen LogP contribution >= 0.6 is 0 Å². The zero-order valence-electron chi connectivity index (χ0n) is 10.5. The zero-order chi connectivity index (χ0) is 13.2. The minimum absolute atomic E-state index is 0.278. The number of carbonyl (C=O) groups is 3. The molecular weight excluding hydrogens is 236 g/mol. The molecule has 2 fully saturated rings. The maximum atomic E-state index is 12.3. The Hall–Kier alpha value is -1.59. The highest BCUT2D eigenvalue weighted by Gasteiger charge is 2.51. The van der Waals surface area contributed by atoms with Crippen LogP contribution in [0.25, 0.3) is 0 Å². The summed E-state index contributed by atoms with van der Waals surface area (Å²) < 4.78 is 4.50. The van der Waals surface area contributed by atoms with Crippen LogP contribution in [0.1, 0.15) is 38.5 Å². The first-order chi connectivity index (χ1) is 8.59. The quantitative estimate of drug-likeness (QED) is 0.584. The Morgan fingerprint density at radius 2 is 1.89 bits per heavy atom. The molecule has 3 amide bonds. The molecule has 0 aromatic carbocycles. The molecule has 0 aromatic rings. The fourth-order valence-corrected chi connectivity index (χ4v) is 2.68. The van der Waals surface area contributed by atoms with E-state index in [9.17, 15) is 14.4 Å². The summed E-state index contributed by atoms with van der Waals surface area (Å²) >= 11 is 0. The van der Waals surface area contributed by atoms with Gasteiger partial charge in [0.2, 0.25) is 0 Å². The van der Waals surface area contributed by atoms with E-state index in [1.807, 2.05) is 0 Å². The first kappa shape index (κ1) is 12.9. The van der Waals surface area contributed by atoms with Gasteiger partial charge in [-0.25, -0.2) is 4.79 Å². The molecule has 1 heterocycles. The molecule has 1 N–H and O–H groups in total. The molecule has 6 heteroatoms. The number of rotatable bonds is 2. The number of ether oxygens (including phenoxy) is 1. The van der Waals surface area contributed by atoms with E-state index < -0.39 is 17.5 Å². The summed E-state index contributed by atoms with van der Waals surface area (Å²) in [4.78, 5) is 36.3. The summed E-state index contributed by atoms with van der Waals surface area (Å²) in [5, 5.41) is 2.77. The van der Waals surface area contributed by atoms with Crippen molar-refractivity contribution in [2.75, 3.05) is 13.7 Å². The van der Waals surface area contributed by atoms with E-state index in [0.717, 1.165) is 30.6 Å². The van der Waals surface area contributed by atoms with E-state index in [1.54, 1.807) is 0 Å². The summed E-state index contributed by atoms with van der Waals surface area (Å²) in [5.41, 5.74) is -0.776. The molecule has 0 aromatic heterocycles. The Balaban J connectivity index is 2.14. The van der Waals surface area contributed by atoms with Crippen molar-refractivity contribution >= 4 is 17.9 Å². The number of nitrogens with zero attached hydrogens (tertiary/aromatic N) is 1. The molecule has 0 bridgehead atoms. The summed E-state index contributed by atoms with van der Waals surface area (Å²) in [7, 11) is 1.24. The smallest absolute Gasteiger partial charge is 0.325 e. The maximum absolute atomic E-state index is 12.3. The van der Waals surface area contributed by atoms with Crippen LogP contribution in [0, 0.1) is 0 Å². The van der Waals surface area contributed by atoms with Crippen LogP contribution in [0.5, 0.6) is 0 Å². The van der Waals surface area contributed by atoms with E-state index in [1.165, 1.54) is 7.11 Å². The second kappa shape index (κ2) is 4.96. The molecule has 1 spiro atoms. The fraction of sp³-hybridized carbons (Fsp3) is 0.750. The normalized spacial score (nSPS) is 22.8. The molecule has 1 saturated carbocycles. The number of hydrogen-bond donors (Lipinski definition) is 1. The largest absolute Gasteiger partial charge is 0.468 e. The van der Waals surface area contributed by atoms with E-state index in [0.29, 0.717) is 12.8 Å². The number of esters is 1. The third kappa shape index (κ3) is 2.19. The highest BCUT2D eigenvalue weighted by atomic mass is 16.5. The van der Waals surface area contributed by atoms with Crippen molar-refractivity contribution in [3.8, 4) is 0 Å². The van der Waals surface area contributed by atoms with Crippen molar-refractivity contribution in [2.24, 2.45) is 0 Å². The molecule has 1 aliphatic heterocycles. The Bertz CT molecular complexity index is 372. The molecule has 2 rings (SSSR count). The van der Waals surface area contributed by atoms with Gasteiger partial charge in [0, 0.05) is 0 Å². The molecule has 6 nitrogen and oxygen atoms in total. The molecule has 2 aliphatic rings. The summed E-state index contributed by atoms with van der Waals surface area (Å²) in [5.74, 6) is -0.857. The molecule has 100 valence electrons. The van der Waals surface area contributed by atoms with E-state index in [-0.39, 0.29) is 12.5 Å². The first-order valence-corrected chi connectivity index (χ1v) is 6.30. The lowest BCUT2D eigenvalue weighted by atomic mass is 9.90. The van der Waals surface area contributed by atoms with Crippen LogP contribution in [0.4, 0.5) is 4.79 Å². The number of hydrogen-bond acceptors (Lipinski definition) is 4. The number of carbonyl (C=O) groups excluding carboxylic acids is 3. The molecule has 0 radical (unpaired) electrons. The third-order valence-electron chi connectivity index (χ3n) is 3.72. The van der Waals surface area contributed by atoms with Gasteiger partial charge in [-0.1, -0.05) is 25.7 Å². The number of imide groups is 1. The first-order valence-electron chi connectivity index (χ1n) is 6.30. The van der Waals surface area contributed by atoms with Crippen LogP contribution in [0.15, 0.2) is 0 Å². The maximum Gasteiger partial charge on any atom is 0.325 e. The SMILES string of the molecule is COC(=O)CN1C(=O)NC2(CCCCCC2)C1=O. The fourth-order valence-electron chi connectivity index (χ4n) is 2.68. The summed E-state index contributed by atoms with van der Waals surface area (Å²) in [6.07, 6.45) is 5.35. The zero-order valence-corrected chi connectivity index (χ0v) is 10.5. The van der Waals surface area contributed by atoms with Gasteiger partial charge in [-0.2, -0.15) is 0 Å². The summed E-state index contributed by atoms with van der Waals surface area (Å²) in [6.45, 7) is -0.303. The number of amides is 3. The highest BCUT2D eigenvalue weighted by molar-refractivity contribution is 6.08. The van der Waals surface area contributed by atoms with Crippen molar-refractivity contribution in [3.63, 3.8) is 0 Å². The lowest BCUT2D eigenvalue weighted by Crippen LogP contribution is -2.46. The molecular formula is C12H18N2O4. The van der Waals surface area contributed by atoms with E-state index >= 15 is 0 Å². The minimum Gasteiger partial charge on any atom is -0.468 e. The van der Waals surface area contributed by atoms with Gasteiger partial charge in [0.05, 0.1) is 7.11 Å². The van der Waals surface area contributed by atoms with Crippen LogP contribution in [0.2, 0.25) is 0 Å². The van der Waals surface area contributed by atoms with Gasteiger partial charge in [0.1, 0.15) is 12.1 Å². The average Bonchev–Trinajstić information content (AvgIpc) is 2.55. The Kier molecular flexibility index (Phi) is 3.54. The molecule has 0 atom stereocenters. The van der Waals surface area contributed by atoms with Crippen molar-refractivity contribution in [1.29, 1.82) is 0 Å². The van der Waals surface area contributed by atoms with Gasteiger partial charge in [0.15, 0.2) is 0 Å². The van der Waals surface area contributed by atoms with Crippen LogP contribution in [-0.4, -0.2) is 42.0 Å². The van der Waals surface area contributed by atoms with Crippen LogP contribution < -0.4 is 5.32 Å². The van der Waals surface area contributed by atoms with E-state index in [2.05, 4.69) is 10.1 Å². The molecule has 1 aliphatic carbocycles. The predicted octanol–water partition coefficient (Wildman–Crippen LogP) is 0.804. The van der Waals surface area contributed by atoms with Crippen molar-refractivity contribution in [2.45, 2.75) is 44.1 Å². The van der Waals surface area contributed by atoms with Gasteiger partial charge in [0.25, 0.3) is 5.91 Å². The molecule has 1 saturated heterocycles. The highest BCUT2D eigenvalue weighted by Crippen LogP contribution is 2.32. The van der Waals surface area contributed by atoms with Crippen molar-refractivity contribution < 1.29 is 19.1 Å². The molecule has 18 heavy (non-hydrogen) atoms.